The molecule has 0 spiro atoms. The molecule has 0 aliphatic heterocycles. The van der Waals surface area contributed by atoms with Gasteiger partial charge in [-0.3, -0.25) is 10.1 Å². The van der Waals surface area contributed by atoms with Gasteiger partial charge in [-0.15, -0.1) is 11.3 Å². The Hall–Kier alpha value is -1.88. The number of aromatic nitrogens is 1. The van der Waals surface area contributed by atoms with E-state index in [4.69, 9.17) is 28.2 Å². The molecule has 0 saturated heterocycles. The van der Waals surface area contributed by atoms with Crippen LogP contribution in [0, 0.1) is 18.8 Å². The van der Waals surface area contributed by atoms with E-state index in [1.54, 1.807) is 18.2 Å². The van der Waals surface area contributed by atoms with E-state index in [1.165, 1.54) is 54.6 Å². The van der Waals surface area contributed by atoms with Gasteiger partial charge in [-0.2, -0.15) is 0 Å². The van der Waals surface area contributed by atoms with E-state index in [0.29, 0.717) is 20.7 Å². The molecule has 4 bridgehead atoms. The Morgan fingerprint density at radius 3 is 2.42 bits per heavy atom. The van der Waals surface area contributed by atoms with Crippen LogP contribution >= 0.6 is 34.5 Å². The number of hydrogen-bond donors (Lipinski definition) is 1. The number of benzene rings is 2. The zero-order valence-corrected chi connectivity index (χ0v) is 20.9. The first-order valence-corrected chi connectivity index (χ1v) is 13.3. The summed E-state index contributed by atoms with van der Waals surface area (Å²) in [5.41, 5.74) is 4.78. The number of carbonyl (C=O) groups is 1. The van der Waals surface area contributed by atoms with Gasteiger partial charge in [0.2, 0.25) is 0 Å². The van der Waals surface area contributed by atoms with Crippen molar-refractivity contribution >= 4 is 45.6 Å². The molecule has 1 aromatic heterocycles. The molecular weight excluding hydrogens is 471 g/mol. The quantitative estimate of drug-likeness (QED) is 0.400. The molecule has 2 unspecified atom stereocenters. The molecule has 2 aromatic carbocycles. The molecule has 2 atom stereocenters. The molecule has 33 heavy (non-hydrogen) atoms. The standard InChI is InChI=1S/C27H26Cl2N2OS/c1-16-2-4-19(5-3-16)26-10-17-8-18(11-26)13-27(12-17,15-26)23-14-33-25(30-23)31-24(32)21-7-6-20(28)9-22(21)29/h2-7,9,14,17-18H,8,10-13,15H2,1H3,(H,30,31,32). The van der Waals surface area contributed by atoms with Crippen LogP contribution in [0.4, 0.5) is 5.13 Å². The Morgan fingerprint density at radius 2 is 1.73 bits per heavy atom. The van der Waals surface area contributed by atoms with Crippen LogP contribution in [-0.4, -0.2) is 10.9 Å². The van der Waals surface area contributed by atoms with Gasteiger partial charge in [-0.1, -0.05) is 53.0 Å². The van der Waals surface area contributed by atoms with Crippen molar-refractivity contribution in [1.29, 1.82) is 0 Å². The van der Waals surface area contributed by atoms with Crippen molar-refractivity contribution in [2.24, 2.45) is 11.8 Å². The summed E-state index contributed by atoms with van der Waals surface area (Å²) in [6.07, 6.45) is 7.57. The van der Waals surface area contributed by atoms with E-state index in [2.05, 4.69) is 41.9 Å². The molecule has 170 valence electrons. The van der Waals surface area contributed by atoms with Gasteiger partial charge in [0.05, 0.1) is 16.3 Å². The lowest BCUT2D eigenvalue weighted by Crippen LogP contribution is -2.56. The molecule has 4 aliphatic rings. The second-order valence-electron chi connectivity index (χ2n) is 10.5. The van der Waals surface area contributed by atoms with Crippen molar-refractivity contribution in [3.05, 3.63) is 80.3 Å². The summed E-state index contributed by atoms with van der Waals surface area (Å²) in [7, 11) is 0. The fraction of sp³-hybridized carbons (Fsp3) is 0.407. The van der Waals surface area contributed by atoms with Crippen LogP contribution < -0.4 is 5.32 Å². The van der Waals surface area contributed by atoms with Gasteiger partial charge in [-0.25, -0.2) is 4.98 Å². The number of nitrogens with zero attached hydrogens (tertiary/aromatic N) is 1. The van der Waals surface area contributed by atoms with Gasteiger partial charge in [0.25, 0.3) is 5.91 Å². The summed E-state index contributed by atoms with van der Waals surface area (Å²) >= 11 is 13.7. The SMILES string of the molecule is Cc1ccc(C23CC4CC(C2)CC(c2csc(NC(=O)c5ccc(Cl)cc5Cl)n2)(C4)C3)cc1. The molecule has 1 amide bonds. The van der Waals surface area contributed by atoms with E-state index in [1.807, 2.05) is 0 Å². The lowest BCUT2D eigenvalue weighted by molar-refractivity contribution is -0.0296. The van der Waals surface area contributed by atoms with Crippen molar-refractivity contribution in [3.8, 4) is 0 Å². The van der Waals surface area contributed by atoms with Crippen LogP contribution in [0.15, 0.2) is 47.8 Å². The Morgan fingerprint density at radius 1 is 1.03 bits per heavy atom. The summed E-state index contributed by atoms with van der Waals surface area (Å²) < 4.78 is 0. The van der Waals surface area contributed by atoms with Crippen LogP contribution in [0.5, 0.6) is 0 Å². The minimum absolute atomic E-state index is 0.117. The first-order valence-electron chi connectivity index (χ1n) is 11.6. The molecule has 0 radical (unpaired) electrons. The number of nitrogens with one attached hydrogen (secondary N) is 1. The van der Waals surface area contributed by atoms with Crippen LogP contribution in [0.3, 0.4) is 0 Å². The van der Waals surface area contributed by atoms with Gasteiger partial charge in [0.15, 0.2) is 5.13 Å². The first-order chi connectivity index (χ1) is 15.8. The highest BCUT2D eigenvalue weighted by atomic mass is 35.5. The monoisotopic (exact) mass is 496 g/mol. The van der Waals surface area contributed by atoms with Gasteiger partial charge < -0.3 is 0 Å². The molecule has 3 nitrogen and oxygen atoms in total. The highest BCUT2D eigenvalue weighted by molar-refractivity contribution is 7.14. The number of rotatable bonds is 4. The predicted octanol–water partition coefficient (Wildman–Crippen LogP) is 7.80. The smallest absolute Gasteiger partial charge is 0.258 e. The Labute approximate surface area is 208 Å². The minimum Gasteiger partial charge on any atom is -0.298 e. The second-order valence-corrected chi connectivity index (χ2v) is 12.2. The molecule has 4 saturated carbocycles. The average Bonchev–Trinajstić information content (AvgIpc) is 3.22. The first kappa shape index (κ1) is 21.6. The Kier molecular flexibility index (Phi) is 5.13. The van der Waals surface area contributed by atoms with Gasteiger partial charge in [-0.05, 0) is 86.5 Å². The number of thiazole rings is 1. The highest BCUT2D eigenvalue weighted by Gasteiger charge is 2.59. The van der Waals surface area contributed by atoms with Gasteiger partial charge in [0.1, 0.15) is 0 Å². The average molecular weight is 497 g/mol. The third kappa shape index (κ3) is 3.71. The summed E-state index contributed by atoms with van der Waals surface area (Å²) in [5.74, 6) is 1.28. The fourth-order valence-electron chi connectivity index (χ4n) is 7.22. The van der Waals surface area contributed by atoms with Crippen molar-refractivity contribution < 1.29 is 4.79 Å². The minimum atomic E-state index is -0.251. The lowest BCUT2D eigenvalue weighted by Gasteiger charge is -2.62. The molecular formula is C27H26Cl2N2OS. The normalized spacial score (nSPS) is 29.9. The summed E-state index contributed by atoms with van der Waals surface area (Å²) in [5, 5.41) is 6.63. The van der Waals surface area contributed by atoms with E-state index in [9.17, 15) is 4.79 Å². The molecule has 4 aliphatic carbocycles. The largest absolute Gasteiger partial charge is 0.298 e. The predicted molar refractivity (Wildman–Crippen MR) is 136 cm³/mol. The summed E-state index contributed by atoms with van der Waals surface area (Å²) in [6, 6.07) is 14.2. The second kappa shape index (κ2) is 7.83. The third-order valence-electron chi connectivity index (χ3n) is 8.17. The fourth-order valence-corrected chi connectivity index (χ4v) is 8.54. The number of aryl methyl sites for hydroxylation is 1. The maximum Gasteiger partial charge on any atom is 0.258 e. The molecule has 4 fully saturated rings. The number of anilines is 1. The van der Waals surface area contributed by atoms with Gasteiger partial charge in [0, 0.05) is 15.8 Å². The van der Waals surface area contributed by atoms with Crippen LogP contribution in [-0.2, 0) is 10.8 Å². The zero-order valence-electron chi connectivity index (χ0n) is 18.5. The summed E-state index contributed by atoms with van der Waals surface area (Å²) in [6.45, 7) is 2.16. The van der Waals surface area contributed by atoms with Crippen LogP contribution in [0.25, 0.3) is 0 Å². The van der Waals surface area contributed by atoms with Crippen molar-refractivity contribution in [2.75, 3.05) is 5.32 Å². The van der Waals surface area contributed by atoms with E-state index in [-0.39, 0.29) is 16.7 Å². The van der Waals surface area contributed by atoms with Crippen LogP contribution in [0.1, 0.15) is 65.7 Å². The Bertz CT molecular complexity index is 1220. The number of halogens is 2. The number of amides is 1. The zero-order chi connectivity index (χ0) is 22.8. The lowest BCUT2D eigenvalue weighted by atomic mass is 9.42. The maximum absolute atomic E-state index is 12.8. The summed E-state index contributed by atoms with van der Waals surface area (Å²) in [4.78, 5) is 17.8. The maximum atomic E-state index is 12.8. The number of carbonyl (C=O) groups excluding carboxylic acids is 1. The van der Waals surface area contributed by atoms with Gasteiger partial charge >= 0.3 is 0 Å². The molecule has 1 N–H and O–H groups in total. The molecule has 6 heteroatoms. The van der Waals surface area contributed by atoms with Crippen molar-refractivity contribution in [2.45, 2.75) is 56.3 Å². The van der Waals surface area contributed by atoms with Crippen molar-refractivity contribution in [1.82, 2.24) is 4.98 Å². The van der Waals surface area contributed by atoms with E-state index in [0.717, 1.165) is 24.0 Å². The van der Waals surface area contributed by atoms with E-state index >= 15 is 0 Å². The van der Waals surface area contributed by atoms with Crippen LogP contribution in [0.2, 0.25) is 10.0 Å². The number of hydrogen-bond acceptors (Lipinski definition) is 3. The van der Waals surface area contributed by atoms with Crippen molar-refractivity contribution in [3.63, 3.8) is 0 Å². The Balaban J connectivity index is 1.28. The molecule has 3 aromatic rings. The topological polar surface area (TPSA) is 42.0 Å². The molecule has 7 rings (SSSR count). The third-order valence-corrected chi connectivity index (χ3v) is 9.47. The molecule has 1 heterocycles. The highest BCUT2D eigenvalue weighted by Crippen LogP contribution is 2.66. The van der Waals surface area contributed by atoms with E-state index < -0.39 is 0 Å².